The number of rotatable bonds is 6. The van der Waals surface area contributed by atoms with Gasteiger partial charge in [-0.2, -0.15) is 0 Å². The average Bonchev–Trinajstić information content (AvgIpc) is 2.50. The normalized spacial score (nSPS) is 15.3. The first-order chi connectivity index (χ1) is 10.2. The van der Waals surface area contributed by atoms with Gasteiger partial charge >= 0.3 is 0 Å². The topological polar surface area (TPSA) is 42.0 Å². The number of carbonyl (C=O) groups is 1. The largest absolute Gasteiger partial charge is 0.494 e. The van der Waals surface area contributed by atoms with Gasteiger partial charge in [0, 0.05) is 19.6 Å². The summed E-state index contributed by atoms with van der Waals surface area (Å²) >= 11 is 0. The lowest BCUT2D eigenvalue weighted by atomic mass is 10.2. The predicted octanol–water partition coefficient (Wildman–Crippen LogP) is 1.38. The monoisotopic (exact) mass is 292 g/mol. The van der Waals surface area contributed by atoms with E-state index in [-0.39, 0.29) is 5.91 Å². The lowest BCUT2D eigenvalue weighted by Gasteiger charge is -2.28. The second-order valence-electron chi connectivity index (χ2n) is 5.24. The molecule has 1 aliphatic heterocycles. The second-order valence-corrected chi connectivity index (χ2v) is 5.24. The van der Waals surface area contributed by atoms with Crippen LogP contribution in [0.1, 0.15) is 12.5 Å². The standard InChI is InChI=1S/C16H24N2O3/c1-3-21-15-6-4-14(5-7-15)12-17(2)13-16(19)18-8-10-20-11-9-18/h4-7H,3,8-13H2,1-2H3. The van der Waals surface area contributed by atoms with E-state index in [0.29, 0.717) is 39.5 Å². The number of nitrogens with zero attached hydrogens (tertiary/aromatic N) is 2. The molecule has 1 amide bonds. The van der Waals surface area contributed by atoms with Crippen molar-refractivity contribution < 1.29 is 14.3 Å². The molecule has 0 aromatic heterocycles. The molecule has 0 N–H and O–H groups in total. The van der Waals surface area contributed by atoms with Crippen molar-refractivity contribution in [2.45, 2.75) is 13.5 Å². The van der Waals surface area contributed by atoms with E-state index in [9.17, 15) is 4.79 Å². The van der Waals surface area contributed by atoms with Crippen LogP contribution in [0.2, 0.25) is 0 Å². The number of morpholine rings is 1. The van der Waals surface area contributed by atoms with E-state index in [1.807, 2.05) is 48.0 Å². The molecule has 21 heavy (non-hydrogen) atoms. The molecule has 1 aromatic carbocycles. The lowest BCUT2D eigenvalue weighted by molar-refractivity contribution is -0.136. The fourth-order valence-electron chi connectivity index (χ4n) is 2.37. The Morgan fingerprint density at radius 3 is 2.57 bits per heavy atom. The highest BCUT2D eigenvalue weighted by Crippen LogP contribution is 2.13. The van der Waals surface area contributed by atoms with Crippen LogP contribution < -0.4 is 4.74 Å². The van der Waals surface area contributed by atoms with Gasteiger partial charge < -0.3 is 14.4 Å². The van der Waals surface area contributed by atoms with Crippen LogP contribution in [0.5, 0.6) is 5.75 Å². The van der Waals surface area contributed by atoms with Gasteiger partial charge in [-0.05, 0) is 31.7 Å². The molecule has 116 valence electrons. The zero-order chi connectivity index (χ0) is 15.1. The average molecular weight is 292 g/mol. The maximum absolute atomic E-state index is 12.1. The van der Waals surface area contributed by atoms with Gasteiger partial charge in [0.05, 0.1) is 26.4 Å². The molecule has 0 radical (unpaired) electrons. The van der Waals surface area contributed by atoms with Crippen LogP contribution in [0, 0.1) is 0 Å². The predicted molar refractivity (Wildman–Crippen MR) is 81.3 cm³/mol. The third-order valence-corrected chi connectivity index (χ3v) is 3.46. The van der Waals surface area contributed by atoms with Crippen molar-refractivity contribution >= 4 is 5.91 Å². The Balaban J connectivity index is 1.80. The van der Waals surface area contributed by atoms with E-state index in [2.05, 4.69) is 0 Å². The van der Waals surface area contributed by atoms with E-state index >= 15 is 0 Å². The molecule has 0 saturated carbocycles. The molecule has 1 aliphatic rings. The highest BCUT2D eigenvalue weighted by Gasteiger charge is 2.18. The summed E-state index contributed by atoms with van der Waals surface area (Å²) in [6.45, 7) is 6.54. The Bertz CT molecular complexity index is 441. The number of amides is 1. The molecule has 0 atom stereocenters. The number of likely N-dealkylation sites (N-methyl/N-ethyl adjacent to an activating group) is 1. The van der Waals surface area contributed by atoms with Crippen molar-refractivity contribution in [3.05, 3.63) is 29.8 Å². The number of ether oxygens (including phenoxy) is 2. The fourth-order valence-corrected chi connectivity index (χ4v) is 2.37. The van der Waals surface area contributed by atoms with Crippen LogP contribution >= 0.6 is 0 Å². The van der Waals surface area contributed by atoms with Crippen molar-refractivity contribution in [3.63, 3.8) is 0 Å². The first kappa shape index (κ1) is 15.8. The Hall–Kier alpha value is -1.59. The first-order valence-corrected chi connectivity index (χ1v) is 7.45. The fraction of sp³-hybridized carbons (Fsp3) is 0.562. The summed E-state index contributed by atoms with van der Waals surface area (Å²) in [6.07, 6.45) is 0. The summed E-state index contributed by atoms with van der Waals surface area (Å²) in [5, 5.41) is 0. The molecule has 0 bridgehead atoms. The van der Waals surface area contributed by atoms with Gasteiger partial charge in [-0.25, -0.2) is 0 Å². The van der Waals surface area contributed by atoms with Crippen LogP contribution in [0.3, 0.4) is 0 Å². The number of hydrogen-bond acceptors (Lipinski definition) is 4. The third kappa shape index (κ3) is 5.02. The molecule has 1 saturated heterocycles. The van der Waals surface area contributed by atoms with E-state index < -0.39 is 0 Å². The molecule has 0 unspecified atom stereocenters. The van der Waals surface area contributed by atoms with Crippen molar-refractivity contribution in [2.24, 2.45) is 0 Å². The molecule has 2 rings (SSSR count). The van der Waals surface area contributed by atoms with Gasteiger partial charge in [0.25, 0.3) is 0 Å². The van der Waals surface area contributed by atoms with E-state index in [1.54, 1.807) is 0 Å². The van der Waals surface area contributed by atoms with Crippen molar-refractivity contribution in [2.75, 3.05) is 46.5 Å². The Kier molecular flexibility index (Phi) is 6.02. The highest BCUT2D eigenvalue weighted by molar-refractivity contribution is 5.78. The Labute approximate surface area is 126 Å². The highest BCUT2D eigenvalue weighted by atomic mass is 16.5. The number of hydrogen-bond donors (Lipinski definition) is 0. The molecule has 1 aromatic rings. The molecular formula is C16H24N2O3. The summed E-state index contributed by atoms with van der Waals surface area (Å²) in [6, 6.07) is 8.02. The lowest BCUT2D eigenvalue weighted by Crippen LogP contribution is -2.44. The maximum atomic E-state index is 12.1. The van der Waals surface area contributed by atoms with Gasteiger partial charge in [0.1, 0.15) is 5.75 Å². The van der Waals surface area contributed by atoms with Gasteiger partial charge in [0.2, 0.25) is 5.91 Å². The smallest absolute Gasteiger partial charge is 0.236 e. The Morgan fingerprint density at radius 1 is 1.29 bits per heavy atom. The third-order valence-electron chi connectivity index (χ3n) is 3.46. The van der Waals surface area contributed by atoms with Crippen LogP contribution in [-0.4, -0.2) is 62.2 Å². The van der Waals surface area contributed by atoms with Crippen LogP contribution in [0.25, 0.3) is 0 Å². The van der Waals surface area contributed by atoms with Crippen molar-refractivity contribution in [1.29, 1.82) is 0 Å². The van der Waals surface area contributed by atoms with E-state index in [4.69, 9.17) is 9.47 Å². The van der Waals surface area contributed by atoms with E-state index in [1.165, 1.54) is 5.56 Å². The first-order valence-electron chi connectivity index (χ1n) is 7.45. The van der Waals surface area contributed by atoms with Gasteiger partial charge in [0.15, 0.2) is 0 Å². The number of benzene rings is 1. The summed E-state index contributed by atoms with van der Waals surface area (Å²) in [5.74, 6) is 1.06. The molecule has 5 heteroatoms. The SMILES string of the molecule is CCOc1ccc(CN(C)CC(=O)N2CCOCC2)cc1. The van der Waals surface area contributed by atoms with Crippen LogP contribution in [0.15, 0.2) is 24.3 Å². The second kappa shape index (κ2) is 8.00. The van der Waals surface area contributed by atoms with Crippen LogP contribution in [-0.2, 0) is 16.1 Å². The minimum atomic E-state index is 0.173. The summed E-state index contributed by atoms with van der Waals surface area (Å²) < 4.78 is 10.7. The van der Waals surface area contributed by atoms with Crippen molar-refractivity contribution in [3.8, 4) is 5.75 Å². The quantitative estimate of drug-likeness (QED) is 0.794. The zero-order valence-electron chi connectivity index (χ0n) is 12.9. The summed E-state index contributed by atoms with van der Waals surface area (Å²) in [5.41, 5.74) is 1.18. The minimum absolute atomic E-state index is 0.173. The molecule has 1 fully saturated rings. The van der Waals surface area contributed by atoms with Gasteiger partial charge in [-0.15, -0.1) is 0 Å². The zero-order valence-corrected chi connectivity index (χ0v) is 12.9. The summed E-state index contributed by atoms with van der Waals surface area (Å²) in [7, 11) is 1.97. The summed E-state index contributed by atoms with van der Waals surface area (Å²) in [4.78, 5) is 16.1. The minimum Gasteiger partial charge on any atom is -0.494 e. The molecular weight excluding hydrogens is 268 g/mol. The van der Waals surface area contributed by atoms with Gasteiger partial charge in [-0.1, -0.05) is 12.1 Å². The molecule has 0 spiro atoms. The van der Waals surface area contributed by atoms with Gasteiger partial charge in [-0.3, -0.25) is 9.69 Å². The van der Waals surface area contributed by atoms with E-state index in [0.717, 1.165) is 12.3 Å². The Morgan fingerprint density at radius 2 is 1.95 bits per heavy atom. The molecule has 0 aliphatic carbocycles. The molecule has 1 heterocycles. The maximum Gasteiger partial charge on any atom is 0.236 e. The van der Waals surface area contributed by atoms with Crippen molar-refractivity contribution in [1.82, 2.24) is 9.80 Å². The number of carbonyl (C=O) groups excluding carboxylic acids is 1. The van der Waals surface area contributed by atoms with Crippen LogP contribution in [0.4, 0.5) is 0 Å². The molecule has 5 nitrogen and oxygen atoms in total.